The third-order valence-corrected chi connectivity index (χ3v) is 7.52. The van der Waals surface area contributed by atoms with Gasteiger partial charge in [0.05, 0.1) is 12.7 Å². The van der Waals surface area contributed by atoms with Gasteiger partial charge < -0.3 is 25.0 Å². The summed E-state index contributed by atoms with van der Waals surface area (Å²) in [6, 6.07) is 5.59. The highest BCUT2D eigenvalue weighted by atomic mass is 16.5. The number of allylic oxidation sites excluding steroid dienone is 3. The van der Waals surface area contributed by atoms with E-state index in [1.807, 2.05) is 0 Å². The number of aliphatic hydroxyl groups excluding tert-OH is 1. The standard InChI is InChI=1S/C30H33NO7/c1-7-16-10-17(8-2)19(18(9-3)11-16)14-31-29(36)25-22(37-6)12-21(34)26-27(25)38-23-13-20(33)24(15(4)32)28(35)30(23,26)5/h10-13,33-34H,7-9,14H2,1-6H3,(H,31,36)/t30-/m1/s1. The number of methoxy groups -OCH3 is 1. The fraction of sp³-hybridized carbons (Fsp3) is 0.367. The minimum atomic E-state index is -1.60. The molecule has 1 atom stereocenters. The van der Waals surface area contributed by atoms with Crippen LogP contribution in [0.3, 0.4) is 0 Å². The largest absolute Gasteiger partial charge is 0.507 e. The molecule has 1 aliphatic heterocycles. The number of phenols is 1. The molecule has 0 fully saturated rings. The molecule has 1 heterocycles. The Kier molecular flexibility index (Phi) is 7.10. The highest BCUT2D eigenvalue weighted by Crippen LogP contribution is 2.56. The number of aliphatic hydroxyl groups is 1. The number of aryl methyl sites for hydroxylation is 3. The summed E-state index contributed by atoms with van der Waals surface area (Å²) in [6.07, 6.45) is 3.74. The Labute approximate surface area is 222 Å². The van der Waals surface area contributed by atoms with E-state index in [0.29, 0.717) is 0 Å². The number of amides is 1. The number of ketones is 2. The first-order chi connectivity index (χ1) is 18.0. The van der Waals surface area contributed by atoms with Crippen LogP contribution in [0, 0.1) is 0 Å². The normalized spacial score (nSPS) is 17.9. The molecule has 38 heavy (non-hydrogen) atoms. The molecule has 2 aliphatic rings. The monoisotopic (exact) mass is 519 g/mol. The first kappa shape index (κ1) is 27.0. The maximum Gasteiger partial charge on any atom is 0.259 e. The van der Waals surface area contributed by atoms with Crippen LogP contribution >= 0.6 is 0 Å². The van der Waals surface area contributed by atoms with Crippen molar-refractivity contribution in [2.75, 3.05) is 7.11 Å². The number of fused-ring (bicyclic) bond motifs is 3. The number of benzene rings is 2. The lowest BCUT2D eigenvalue weighted by Crippen LogP contribution is -2.38. The fourth-order valence-corrected chi connectivity index (χ4v) is 5.41. The minimum absolute atomic E-state index is 0.00861. The van der Waals surface area contributed by atoms with Crippen molar-refractivity contribution in [3.05, 3.63) is 74.7 Å². The Morgan fingerprint density at radius 2 is 1.68 bits per heavy atom. The Hall–Kier alpha value is -4.07. The van der Waals surface area contributed by atoms with Crippen molar-refractivity contribution in [2.45, 2.75) is 65.8 Å². The van der Waals surface area contributed by atoms with Gasteiger partial charge in [0.1, 0.15) is 39.6 Å². The van der Waals surface area contributed by atoms with E-state index in [9.17, 15) is 24.6 Å². The van der Waals surface area contributed by atoms with Gasteiger partial charge in [-0.15, -0.1) is 0 Å². The van der Waals surface area contributed by atoms with Crippen LogP contribution in [0.15, 0.2) is 41.4 Å². The smallest absolute Gasteiger partial charge is 0.259 e. The zero-order valence-corrected chi connectivity index (χ0v) is 22.6. The molecule has 8 nitrogen and oxygen atoms in total. The number of rotatable bonds is 8. The van der Waals surface area contributed by atoms with E-state index < -0.39 is 28.6 Å². The number of ether oxygens (including phenoxy) is 2. The van der Waals surface area contributed by atoms with Crippen LogP contribution in [0.1, 0.15) is 72.8 Å². The zero-order chi connectivity index (χ0) is 27.9. The van der Waals surface area contributed by atoms with Crippen molar-refractivity contribution >= 4 is 17.5 Å². The van der Waals surface area contributed by atoms with Gasteiger partial charge >= 0.3 is 0 Å². The molecule has 0 bridgehead atoms. The molecular formula is C30H33NO7. The number of phenolic OH excluding ortho intramolecular Hbond substituents is 1. The van der Waals surface area contributed by atoms with Crippen LogP contribution in [0.2, 0.25) is 0 Å². The van der Waals surface area contributed by atoms with Crippen LogP contribution in [0.4, 0.5) is 0 Å². The number of carbonyl (C=O) groups is 3. The van der Waals surface area contributed by atoms with Crippen molar-refractivity contribution in [2.24, 2.45) is 0 Å². The average molecular weight is 520 g/mol. The summed E-state index contributed by atoms with van der Waals surface area (Å²) in [6.45, 7) is 9.21. The van der Waals surface area contributed by atoms with Gasteiger partial charge in [-0.2, -0.15) is 0 Å². The number of Topliss-reactive ketones (excluding diaryl/α,β-unsaturated/α-hetero) is 2. The van der Waals surface area contributed by atoms with E-state index in [0.717, 1.165) is 36.0 Å². The zero-order valence-electron chi connectivity index (χ0n) is 22.6. The fourth-order valence-electron chi connectivity index (χ4n) is 5.41. The third-order valence-electron chi connectivity index (χ3n) is 7.52. The van der Waals surface area contributed by atoms with Gasteiger partial charge in [-0.3, -0.25) is 14.4 Å². The highest BCUT2D eigenvalue weighted by molar-refractivity contribution is 6.25. The van der Waals surface area contributed by atoms with E-state index in [4.69, 9.17) is 9.47 Å². The predicted octanol–water partition coefficient (Wildman–Crippen LogP) is 4.54. The lowest BCUT2D eigenvalue weighted by Gasteiger charge is -2.27. The summed E-state index contributed by atoms with van der Waals surface area (Å²) in [5, 5.41) is 24.2. The van der Waals surface area contributed by atoms with Crippen molar-refractivity contribution in [3.63, 3.8) is 0 Å². The first-order valence-electron chi connectivity index (χ1n) is 12.8. The summed E-state index contributed by atoms with van der Waals surface area (Å²) >= 11 is 0. The molecule has 200 valence electrons. The Bertz CT molecular complexity index is 1410. The number of carbonyl (C=O) groups excluding carboxylic acids is 3. The van der Waals surface area contributed by atoms with Gasteiger partial charge in [0.15, 0.2) is 17.3 Å². The Morgan fingerprint density at radius 3 is 2.21 bits per heavy atom. The van der Waals surface area contributed by atoms with Crippen molar-refractivity contribution in [1.29, 1.82) is 0 Å². The maximum absolute atomic E-state index is 13.6. The second kappa shape index (κ2) is 10.0. The third kappa shape index (κ3) is 4.04. The number of hydrogen-bond acceptors (Lipinski definition) is 7. The van der Waals surface area contributed by atoms with E-state index in [1.165, 1.54) is 38.7 Å². The second-order valence-electron chi connectivity index (χ2n) is 9.69. The molecule has 2 aromatic carbocycles. The molecule has 1 amide bonds. The summed E-state index contributed by atoms with van der Waals surface area (Å²) in [7, 11) is 1.36. The number of nitrogens with one attached hydrogen (secondary N) is 1. The lowest BCUT2D eigenvalue weighted by molar-refractivity contribution is -0.123. The maximum atomic E-state index is 13.6. The van der Waals surface area contributed by atoms with E-state index in [1.54, 1.807) is 0 Å². The topological polar surface area (TPSA) is 122 Å². The molecular weight excluding hydrogens is 486 g/mol. The van der Waals surface area contributed by atoms with Crippen LogP contribution in [-0.4, -0.2) is 34.8 Å². The van der Waals surface area contributed by atoms with E-state index in [2.05, 4.69) is 38.2 Å². The Balaban J connectivity index is 1.79. The van der Waals surface area contributed by atoms with Crippen molar-refractivity contribution < 1.29 is 34.1 Å². The Morgan fingerprint density at radius 1 is 1.05 bits per heavy atom. The first-order valence-corrected chi connectivity index (χ1v) is 12.8. The van der Waals surface area contributed by atoms with Gasteiger partial charge in [0, 0.05) is 18.7 Å². The minimum Gasteiger partial charge on any atom is -0.507 e. The molecule has 3 N–H and O–H groups in total. The second-order valence-corrected chi connectivity index (χ2v) is 9.69. The molecule has 2 aromatic rings. The molecule has 0 saturated heterocycles. The molecule has 0 unspecified atom stereocenters. The number of hydrogen-bond donors (Lipinski definition) is 3. The summed E-state index contributed by atoms with van der Waals surface area (Å²) in [5.74, 6) is -2.67. The van der Waals surface area contributed by atoms with Gasteiger partial charge in [-0.05, 0) is 55.4 Å². The van der Waals surface area contributed by atoms with Crippen molar-refractivity contribution in [3.8, 4) is 17.2 Å². The van der Waals surface area contributed by atoms with E-state index in [-0.39, 0.29) is 46.3 Å². The quantitative estimate of drug-likeness (QED) is 0.438. The summed E-state index contributed by atoms with van der Waals surface area (Å²) in [4.78, 5) is 39.2. The van der Waals surface area contributed by atoms with Gasteiger partial charge in [-0.25, -0.2) is 0 Å². The number of aromatic hydroxyl groups is 1. The molecule has 0 aromatic heterocycles. The van der Waals surface area contributed by atoms with E-state index >= 15 is 0 Å². The summed E-state index contributed by atoms with van der Waals surface area (Å²) in [5.41, 5.74) is 2.68. The highest BCUT2D eigenvalue weighted by Gasteiger charge is 2.55. The lowest BCUT2D eigenvalue weighted by atomic mass is 9.71. The van der Waals surface area contributed by atoms with Crippen LogP contribution in [0.25, 0.3) is 0 Å². The molecule has 0 saturated carbocycles. The van der Waals surface area contributed by atoms with Gasteiger partial charge in [-0.1, -0.05) is 32.9 Å². The van der Waals surface area contributed by atoms with Crippen LogP contribution < -0.4 is 14.8 Å². The van der Waals surface area contributed by atoms with Gasteiger partial charge in [0.25, 0.3) is 5.91 Å². The molecule has 1 aliphatic carbocycles. The van der Waals surface area contributed by atoms with Gasteiger partial charge in [0.2, 0.25) is 0 Å². The predicted molar refractivity (Wildman–Crippen MR) is 142 cm³/mol. The van der Waals surface area contributed by atoms with Crippen LogP contribution in [-0.2, 0) is 40.8 Å². The molecule has 8 heteroatoms. The van der Waals surface area contributed by atoms with Crippen molar-refractivity contribution in [1.82, 2.24) is 5.32 Å². The molecule has 0 spiro atoms. The molecule has 0 radical (unpaired) electrons. The summed E-state index contributed by atoms with van der Waals surface area (Å²) < 4.78 is 11.4. The SMILES string of the molecule is CCc1cc(CC)c(CNC(=O)c2c(OC)cc(O)c3c2OC2=CC(O)=C(C(C)=O)C(=O)[C@]23C)c(CC)c1. The average Bonchev–Trinajstić information content (AvgIpc) is 3.19. The van der Waals surface area contributed by atoms with Crippen LogP contribution in [0.5, 0.6) is 17.2 Å². The molecule has 4 rings (SSSR count).